The minimum absolute atomic E-state index is 0.513. The summed E-state index contributed by atoms with van der Waals surface area (Å²) in [4.78, 5) is 10.9. The van der Waals surface area contributed by atoms with Crippen molar-refractivity contribution in [2.24, 2.45) is 0 Å². The Hall–Kier alpha value is -1.16. The molecule has 0 heterocycles. The van der Waals surface area contributed by atoms with Crippen molar-refractivity contribution < 1.29 is 14.1 Å². The van der Waals surface area contributed by atoms with Gasteiger partial charge in [0.25, 0.3) is 0 Å². The zero-order chi connectivity index (χ0) is 9.84. The summed E-state index contributed by atoms with van der Waals surface area (Å²) in [5.41, 5.74) is 0. The van der Waals surface area contributed by atoms with Crippen molar-refractivity contribution in [3.63, 3.8) is 0 Å². The van der Waals surface area contributed by atoms with Crippen LogP contribution in [0.2, 0.25) is 0 Å². The fourth-order valence-corrected chi connectivity index (χ4v) is 1.85. The highest BCUT2D eigenvalue weighted by molar-refractivity contribution is 7.86. The van der Waals surface area contributed by atoms with Gasteiger partial charge in [0.15, 0.2) is 0 Å². The average Bonchev–Trinajstić information content (AvgIpc) is 2.17. The van der Waals surface area contributed by atoms with Gasteiger partial charge < -0.3 is 9.90 Å². The van der Waals surface area contributed by atoms with Crippen LogP contribution in [0.4, 0.5) is 0 Å². The number of hydrogen-bond donors (Lipinski definition) is 0. The summed E-state index contributed by atoms with van der Waals surface area (Å²) >= 11 is 0. The molecule has 0 aromatic heterocycles. The highest BCUT2D eigenvalue weighted by Gasteiger charge is 2.13. The number of rotatable bonds is 3. The molecule has 0 fully saturated rings. The van der Waals surface area contributed by atoms with Crippen molar-refractivity contribution in [3.8, 4) is 0 Å². The zero-order valence-electron chi connectivity index (χ0n) is 7.10. The van der Waals surface area contributed by atoms with E-state index in [2.05, 4.69) is 0 Å². The normalized spacial score (nSPS) is 14.8. The largest absolute Gasteiger partial charge is 0.549 e. The number of hydrogen-bond acceptors (Lipinski definition) is 3. The minimum Gasteiger partial charge on any atom is -0.549 e. The molecule has 0 N–H and O–H groups in total. The van der Waals surface area contributed by atoms with Crippen LogP contribution in [0.3, 0.4) is 0 Å². The minimum atomic E-state index is -1.52. The molecule has 0 saturated carbocycles. The molecular weight excluding hydrogens is 188 g/mol. The van der Waals surface area contributed by atoms with Gasteiger partial charge in [-0.2, -0.15) is 0 Å². The van der Waals surface area contributed by atoms with Crippen LogP contribution in [0.15, 0.2) is 35.2 Å². The van der Waals surface area contributed by atoms with Crippen LogP contribution in [0.1, 0.15) is 6.92 Å². The predicted molar refractivity (Wildman–Crippen MR) is 47.3 cm³/mol. The molecule has 0 aliphatic rings. The lowest BCUT2D eigenvalue weighted by atomic mass is 10.4. The molecule has 1 aromatic carbocycles. The second-order valence-electron chi connectivity index (χ2n) is 2.57. The topological polar surface area (TPSA) is 57.2 Å². The summed E-state index contributed by atoms with van der Waals surface area (Å²) in [5, 5.41) is 9.44. The predicted octanol–water partition coefficient (Wildman–Crippen LogP) is -0.0674. The van der Waals surface area contributed by atoms with Crippen LogP contribution < -0.4 is 5.11 Å². The Morgan fingerprint density at radius 1 is 1.38 bits per heavy atom. The first-order valence-corrected chi connectivity index (χ1v) is 5.00. The molecule has 4 heteroatoms. The van der Waals surface area contributed by atoms with Crippen molar-refractivity contribution in [1.29, 1.82) is 0 Å². The Labute approximate surface area is 78.9 Å². The lowest BCUT2D eigenvalue weighted by Crippen LogP contribution is -2.36. The quantitative estimate of drug-likeness (QED) is 0.681. The lowest BCUT2D eigenvalue weighted by molar-refractivity contribution is -0.304. The van der Waals surface area contributed by atoms with Crippen molar-refractivity contribution in [1.82, 2.24) is 0 Å². The van der Waals surface area contributed by atoms with Crippen molar-refractivity contribution >= 4 is 16.8 Å². The maximum absolute atomic E-state index is 11.5. The number of aliphatic carboxylic acids is 1. The van der Waals surface area contributed by atoms with Gasteiger partial charge in [-0.15, -0.1) is 0 Å². The Balaban J connectivity index is 2.86. The third-order valence-electron chi connectivity index (χ3n) is 1.63. The third kappa shape index (κ3) is 2.39. The van der Waals surface area contributed by atoms with Crippen LogP contribution in [0.5, 0.6) is 0 Å². The highest BCUT2D eigenvalue weighted by atomic mass is 32.2. The molecule has 2 unspecified atom stereocenters. The van der Waals surface area contributed by atoms with E-state index in [1.165, 1.54) is 6.92 Å². The fourth-order valence-electron chi connectivity index (χ4n) is 0.846. The van der Waals surface area contributed by atoms with E-state index in [0.29, 0.717) is 4.90 Å². The zero-order valence-corrected chi connectivity index (χ0v) is 7.91. The molecule has 0 aliphatic carbocycles. The smallest absolute Gasteiger partial charge is 0.0761 e. The summed E-state index contributed by atoms with van der Waals surface area (Å²) in [6.45, 7) is 1.37. The lowest BCUT2D eigenvalue weighted by Gasteiger charge is -2.11. The molecule has 0 radical (unpaired) electrons. The van der Waals surface area contributed by atoms with Gasteiger partial charge in [-0.05, 0) is 19.1 Å². The standard InChI is InChI=1S/C9H10O3S/c1-7(9(10)11)13(12)8-5-3-2-4-6-8/h2-7H,1H3,(H,10,11)/p-1. The molecule has 0 saturated heterocycles. The van der Waals surface area contributed by atoms with Gasteiger partial charge >= 0.3 is 0 Å². The van der Waals surface area contributed by atoms with Gasteiger partial charge in [0.05, 0.1) is 22.0 Å². The van der Waals surface area contributed by atoms with E-state index >= 15 is 0 Å². The fraction of sp³-hybridized carbons (Fsp3) is 0.222. The second-order valence-corrected chi connectivity index (χ2v) is 4.35. The highest BCUT2D eigenvalue weighted by Crippen LogP contribution is 2.09. The summed E-state index contributed by atoms with van der Waals surface area (Å²) in [6.07, 6.45) is 0. The molecular formula is C9H9O3S-. The molecule has 3 nitrogen and oxygen atoms in total. The first-order valence-electron chi connectivity index (χ1n) is 3.79. The van der Waals surface area contributed by atoms with Crippen molar-refractivity contribution in [2.75, 3.05) is 0 Å². The monoisotopic (exact) mass is 197 g/mol. The SMILES string of the molecule is CC(C(=O)[O-])S(=O)c1ccccc1. The van der Waals surface area contributed by atoms with Gasteiger partial charge in [0.1, 0.15) is 0 Å². The van der Waals surface area contributed by atoms with E-state index < -0.39 is 22.0 Å². The molecule has 13 heavy (non-hydrogen) atoms. The van der Waals surface area contributed by atoms with Gasteiger partial charge in [0, 0.05) is 4.90 Å². The average molecular weight is 197 g/mol. The maximum Gasteiger partial charge on any atom is 0.0761 e. The summed E-state index contributed by atoms with van der Waals surface area (Å²) in [7, 11) is -1.52. The van der Waals surface area contributed by atoms with E-state index in [0.717, 1.165) is 0 Å². The first-order chi connectivity index (χ1) is 6.13. The summed E-state index contributed by atoms with van der Waals surface area (Å²) in [6, 6.07) is 8.49. The Kier molecular flexibility index (Phi) is 3.19. The van der Waals surface area contributed by atoms with Crippen LogP contribution in [0, 0.1) is 0 Å². The molecule has 1 aromatic rings. The van der Waals surface area contributed by atoms with E-state index in [9.17, 15) is 14.1 Å². The second kappa shape index (κ2) is 4.18. The molecule has 70 valence electrons. The number of benzene rings is 1. The molecule has 0 aliphatic heterocycles. The maximum atomic E-state index is 11.5. The molecule has 0 amide bonds. The van der Waals surface area contributed by atoms with Gasteiger partial charge in [-0.1, -0.05) is 18.2 Å². The summed E-state index contributed by atoms with van der Waals surface area (Å²) in [5.74, 6) is -1.29. The Bertz CT molecular complexity index is 321. The molecule has 0 spiro atoms. The number of carboxylic acids is 1. The van der Waals surface area contributed by atoms with Gasteiger partial charge in [0.2, 0.25) is 0 Å². The van der Waals surface area contributed by atoms with Crippen LogP contribution >= 0.6 is 0 Å². The first kappa shape index (κ1) is 9.92. The van der Waals surface area contributed by atoms with Crippen molar-refractivity contribution in [2.45, 2.75) is 17.1 Å². The Morgan fingerprint density at radius 2 is 1.92 bits per heavy atom. The Morgan fingerprint density at radius 3 is 2.38 bits per heavy atom. The molecule has 1 rings (SSSR count). The number of carboxylic acid groups (broad SMARTS) is 1. The van der Waals surface area contributed by atoms with Crippen LogP contribution in [0.25, 0.3) is 0 Å². The van der Waals surface area contributed by atoms with Gasteiger partial charge in [-0.3, -0.25) is 4.21 Å². The molecule has 2 atom stereocenters. The van der Waals surface area contributed by atoms with Gasteiger partial charge in [-0.25, -0.2) is 0 Å². The number of carbonyl (C=O) groups excluding carboxylic acids is 1. The summed E-state index contributed by atoms with van der Waals surface area (Å²) < 4.78 is 11.5. The van der Waals surface area contributed by atoms with E-state index in [-0.39, 0.29) is 0 Å². The third-order valence-corrected chi connectivity index (χ3v) is 3.20. The van der Waals surface area contributed by atoms with E-state index in [1.807, 2.05) is 0 Å². The molecule has 0 bridgehead atoms. The number of carbonyl (C=O) groups is 1. The van der Waals surface area contributed by atoms with E-state index in [1.54, 1.807) is 30.3 Å². The van der Waals surface area contributed by atoms with Crippen molar-refractivity contribution in [3.05, 3.63) is 30.3 Å². The van der Waals surface area contributed by atoms with Crippen LogP contribution in [-0.4, -0.2) is 15.4 Å². The van der Waals surface area contributed by atoms with E-state index in [4.69, 9.17) is 0 Å². The van der Waals surface area contributed by atoms with Crippen LogP contribution in [-0.2, 0) is 15.6 Å².